The number of hydrogen-bond donors (Lipinski definition) is 2. The molecule has 192 valence electrons. The molecule has 0 aliphatic carbocycles. The first-order valence-electron chi connectivity index (χ1n) is 11.5. The molecule has 2 aliphatic rings. The van der Waals surface area contributed by atoms with Crippen LogP contribution in [0.25, 0.3) is 5.57 Å². The second-order valence-corrected chi connectivity index (χ2v) is 10.6. The summed E-state index contributed by atoms with van der Waals surface area (Å²) >= 11 is 6.11. The Bertz CT molecular complexity index is 1450. The van der Waals surface area contributed by atoms with Gasteiger partial charge in [-0.2, -0.15) is 0 Å². The van der Waals surface area contributed by atoms with E-state index in [2.05, 4.69) is 5.32 Å². The number of aromatic nitrogens is 1. The minimum absolute atomic E-state index is 0.00223. The summed E-state index contributed by atoms with van der Waals surface area (Å²) in [4.78, 5) is 27.6. The molecule has 0 bridgehead atoms. The Kier molecular flexibility index (Phi) is 7.10. The van der Waals surface area contributed by atoms with E-state index in [0.717, 1.165) is 26.6 Å². The zero-order chi connectivity index (χ0) is 26.1. The van der Waals surface area contributed by atoms with Crippen LogP contribution < -0.4 is 14.8 Å². The summed E-state index contributed by atoms with van der Waals surface area (Å²) in [6, 6.07) is 14.4. The van der Waals surface area contributed by atoms with Crippen molar-refractivity contribution in [3.05, 3.63) is 77.6 Å². The topological polar surface area (TPSA) is 99.0 Å². The number of ether oxygens (including phenoxy) is 3. The summed E-state index contributed by atoms with van der Waals surface area (Å²) < 4.78 is 18.0. The number of carboxylic acid groups (broad SMARTS) is 1. The van der Waals surface area contributed by atoms with E-state index in [4.69, 9.17) is 25.8 Å². The summed E-state index contributed by atoms with van der Waals surface area (Å²) in [5, 5.41) is 13.5. The molecule has 2 aliphatic heterocycles. The van der Waals surface area contributed by atoms with Gasteiger partial charge in [-0.3, -0.25) is 10.1 Å². The highest BCUT2D eigenvalue weighted by atomic mass is 35.5. The van der Waals surface area contributed by atoms with Crippen molar-refractivity contribution in [1.82, 2.24) is 9.88 Å². The Morgan fingerprint density at radius 3 is 2.57 bits per heavy atom. The lowest BCUT2D eigenvalue weighted by atomic mass is 10.0. The maximum absolute atomic E-state index is 13.0. The molecule has 2 unspecified atom stereocenters. The first kappa shape index (κ1) is 25.1. The van der Waals surface area contributed by atoms with Crippen LogP contribution in [0.3, 0.4) is 0 Å². The van der Waals surface area contributed by atoms with Crippen LogP contribution >= 0.6 is 22.1 Å². The fourth-order valence-corrected chi connectivity index (χ4v) is 7.29. The second kappa shape index (κ2) is 10.5. The molecule has 10 heteroatoms. The number of carbonyl (C=O) groups excluding carboxylic acids is 1. The van der Waals surface area contributed by atoms with Gasteiger partial charge in [-0.05, 0) is 30.2 Å². The number of rotatable bonds is 8. The molecule has 2 N–H and O–H groups in total. The van der Waals surface area contributed by atoms with Crippen molar-refractivity contribution in [2.45, 2.75) is 34.9 Å². The van der Waals surface area contributed by atoms with Crippen LogP contribution in [0.5, 0.6) is 11.5 Å². The van der Waals surface area contributed by atoms with Gasteiger partial charge in [0.25, 0.3) is 0 Å². The van der Waals surface area contributed by atoms with Crippen LogP contribution in [0.2, 0.25) is 0 Å². The smallest absolute Gasteiger partial charge is 0.353 e. The quantitative estimate of drug-likeness (QED) is 0.242. The molecule has 5 rings (SSSR count). The molecule has 0 spiro atoms. The van der Waals surface area contributed by atoms with Crippen molar-refractivity contribution < 1.29 is 28.9 Å². The highest BCUT2D eigenvalue weighted by Crippen LogP contribution is 2.53. The average molecular weight is 541 g/mol. The molecule has 0 amide bonds. The van der Waals surface area contributed by atoms with Gasteiger partial charge in [0.15, 0.2) is 11.5 Å². The number of halogens is 1. The number of carbonyl (C=O) groups is 2. The van der Waals surface area contributed by atoms with Gasteiger partial charge < -0.3 is 23.9 Å². The third-order valence-corrected chi connectivity index (χ3v) is 8.82. The number of fused-ring (bicyclic) bond motifs is 3. The van der Waals surface area contributed by atoms with Crippen LogP contribution in [0.1, 0.15) is 28.0 Å². The maximum atomic E-state index is 13.0. The maximum Gasteiger partial charge on any atom is 0.353 e. The van der Waals surface area contributed by atoms with Crippen LogP contribution in [0.4, 0.5) is 0 Å². The molecule has 0 saturated heterocycles. The molecule has 3 heterocycles. The van der Waals surface area contributed by atoms with E-state index in [9.17, 15) is 14.7 Å². The number of hydrogen-bond acceptors (Lipinski definition) is 6. The number of aromatic carboxylic acids is 1. The van der Waals surface area contributed by atoms with E-state index < -0.39 is 22.5 Å². The van der Waals surface area contributed by atoms with Crippen LogP contribution in [0.15, 0.2) is 70.6 Å². The van der Waals surface area contributed by atoms with E-state index in [-0.39, 0.29) is 24.3 Å². The van der Waals surface area contributed by atoms with Crippen molar-refractivity contribution in [2.24, 2.45) is 0 Å². The highest BCUT2D eigenvalue weighted by Gasteiger charge is 2.38. The summed E-state index contributed by atoms with van der Waals surface area (Å²) in [5.74, 6) is -0.358. The minimum atomic E-state index is -1.07. The lowest BCUT2D eigenvalue weighted by molar-refractivity contribution is -0.147. The number of benzene rings is 2. The Morgan fingerprint density at radius 2 is 1.89 bits per heavy atom. The van der Waals surface area contributed by atoms with Gasteiger partial charge in [0.05, 0.1) is 25.2 Å². The lowest BCUT2D eigenvalue weighted by Gasteiger charge is -2.24. The Labute approximate surface area is 221 Å². The van der Waals surface area contributed by atoms with Gasteiger partial charge in [-0.1, -0.05) is 36.4 Å². The monoisotopic (exact) mass is 540 g/mol. The minimum Gasteiger partial charge on any atom is -0.493 e. The van der Waals surface area contributed by atoms with E-state index in [0.29, 0.717) is 22.8 Å². The SMILES string of the molecule is COc1ccc(S2=C3NC(C(=O)OCc4ccccc4)CC=C3c3cn(CCl)c(C(=O)O)c32)cc1OC. The van der Waals surface area contributed by atoms with E-state index in [1.54, 1.807) is 26.5 Å². The second-order valence-electron chi connectivity index (χ2n) is 8.41. The molecule has 0 saturated carbocycles. The normalized spacial score (nSPS) is 18.0. The van der Waals surface area contributed by atoms with Crippen molar-refractivity contribution in [2.75, 3.05) is 14.2 Å². The fraction of sp³-hybridized carbons (Fsp3) is 0.222. The van der Waals surface area contributed by atoms with E-state index in [1.807, 2.05) is 48.5 Å². The highest BCUT2D eigenvalue weighted by molar-refractivity contribution is 8.17. The van der Waals surface area contributed by atoms with Gasteiger partial charge in [0.1, 0.15) is 18.3 Å². The van der Waals surface area contributed by atoms with Crippen LogP contribution in [-0.2, 0) is 22.1 Å². The predicted octanol–water partition coefficient (Wildman–Crippen LogP) is 4.72. The standard InChI is InChI=1S/C27H25ClN2O6S/c1-34-21-11-8-17(12-22(21)35-2)37-24-19(13-30(15-28)23(24)26(31)32)18-9-10-20(29-25(18)37)27(33)36-14-16-6-4-3-5-7-16/h3-9,11-13,20,29H,10,14-15H2,1-2H3,(H,31,32). The number of esters is 1. The first-order chi connectivity index (χ1) is 18.0. The Hall–Kier alpha value is -3.53. The lowest BCUT2D eigenvalue weighted by Crippen LogP contribution is -2.43. The summed E-state index contributed by atoms with van der Waals surface area (Å²) in [6.45, 7) is 0.176. The fourth-order valence-electron chi connectivity index (χ4n) is 4.54. The summed E-state index contributed by atoms with van der Waals surface area (Å²) in [6.07, 6.45) is 4.14. The van der Waals surface area contributed by atoms with E-state index >= 15 is 0 Å². The number of nitrogens with one attached hydrogen (secondary N) is 1. The molecule has 0 fully saturated rings. The van der Waals surface area contributed by atoms with Crippen molar-refractivity contribution in [3.8, 4) is 11.5 Å². The number of methoxy groups -OCH3 is 2. The van der Waals surface area contributed by atoms with Gasteiger partial charge in [0, 0.05) is 27.1 Å². The molecule has 8 nitrogen and oxygen atoms in total. The summed E-state index contributed by atoms with van der Waals surface area (Å²) in [5.41, 5.74) is 2.68. The molecule has 2 aromatic carbocycles. The average Bonchev–Trinajstić information content (AvgIpc) is 3.45. The first-order valence-corrected chi connectivity index (χ1v) is 13.3. The van der Waals surface area contributed by atoms with Crippen LogP contribution in [-0.4, -0.2) is 46.9 Å². The Balaban J connectivity index is 1.58. The number of carboxylic acids is 1. The molecule has 37 heavy (non-hydrogen) atoms. The van der Waals surface area contributed by atoms with Gasteiger partial charge in [-0.25, -0.2) is 4.79 Å². The number of nitrogens with zero attached hydrogens (tertiary/aromatic N) is 1. The number of alkyl halides is 1. The molecular formula is C27H25ClN2O6S. The largest absolute Gasteiger partial charge is 0.493 e. The van der Waals surface area contributed by atoms with Crippen molar-refractivity contribution in [1.29, 1.82) is 0 Å². The van der Waals surface area contributed by atoms with Crippen LogP contribution in [0, 0.1) is 0 Å². The Morgan fingerprint density at radius 1 is 1.14 bits per heavy atom. The molecule has 2 atom stereocenters. The zero-order valence-electron chi connectivity index (χ0n) is 20.2. The van der Waals surface area contributed by atoms with Crippen molar-refractivity contribution >= 4 is 44.6 Å². The van der Waals surface area contributed by atoms with Gasteiger partial charge >= 0.3 is 11.9 Å². The molecule has 0 radical (unpaired) electrons. The van der Waals surface area contributed by atoms with E-state index in [1.165, 1.54) is 4.57 Å². The zero-order valence-corrected chi connectivity index (χ0v) is 21.8. The molecule has 1 aromatic heterocycles. The molecule has 3 aromatic rings. The third-order valence-electron chi connectivity index (χ3n) is 6.27. The van der Waals surface area contributed by atoms with Gasteiger partial charge in [-0.15, -0.1) is 22.1 Å². The molecular weight excluding hydrogens is 516 g/mol. The third kappa shape index (κ3) is 4.54. The predicted molar refractivity (Wildman–Crippen MR) is 142 cm³/mol. The summed E-state index contributed by atoms with van der Waals surface area (Å²) in [7, 11) is 2.24. The van der Waals surface area contributed by atoms with Gasteiger partial charge in [0.2, 0.25) is 0 Å². The van der Waals surface area contributed by atoms with Crippen molar-refractivity contribution in [3.63, 3.8) is 0 Å².